The molecule has 24 heavy (non-hydrogen) atoms. The molecule has 0 saturated heterocycles. The van der Waals surface area contributed by atoms with Crippen LogP contribution in [0.15, 0.2) is 23.6 Å². The van der Waals surface area contributed by atoms with Crippen LogP contribution < -0.4 is 25.6 Å². The van der Waals surface area contributed by atoms with Crippen LogP contribution in [-0.4, -0.2) is 26.2 Å². The number of rotatable bonds is 4. The molecule has 128 valence electrons. The Balaban J connectivity index is 1.98. The second kappa shape index (κ2) is 7.69. The lowest BCUT2D eigenvalue weighted by Crippen LogP contribution is -2.44. The molecule has 0 unspecified atom stereocenters. The van der Waals surface area contributed by atoms with Crippen molar-refractivity contribution in [1.29, 1.82) is 0 Å². The fraction of sp³-hybridized carbons (Fsp3) is 0.250. The number of carbonyl (C=O) groups is 2. The van der Waals surface area contributed by atoms with Crippen molar-refractivity contribution in [2.45, 2.75) is 13.8 Å². The van der Waals surface area contributed by atoms with Gasteiger partial charge in [-0.1, -0.05) is 0 Å². The quantitative estimate of drug-likeness (QED) is 0.741. The Hall–Kier alpha value is -2.74. The smallest absolute Gasteiger partial charge is 0.338 e. The van der Waals surface area contributed by atoms with E-state index in [0.29, 0.717) is 22.7 Å². The fourth-order valence-electron chi connectivity index (χ4n) is 1.98. The first-order chi connectivity index (χ1) is 11.5. The van der Waals surface area contributed by atoms with E-state index >= 15 is 0 Å². The summed E-state index contributed by atoms with van der Waals surface area (Å²) in [4.78, 5) is 25.1. The molecule has 0 aliphatic rings. The molecule has 7 nitrogen and oxygen atoms in total. The van der Waals surface area contributed by atoms with Crippen molar-refractivity contribution >= 4 is 29.0 Å². The molecule has 2 aromatic rings. The number of amides is 3. The van der Waals surface area contributed by atoms with Gasteiger partial charge in [0.15, 0.2) is 0 Å². The van der Waals surface area contributed by atoms with E-state index in [1.54, 1.807) is 23.6 Å². The lowest BCUT2D eigenvalue weighted by atomic mass is 10.2. The molecule has 1 heterocycles. The Labute approximate surface area is 143 Å². The number of benzene rings is 1. The minimum absolute atomic E-state index is 0.371. The molecular formula is C16H19N3O4S. The summed E-state index contributed by atoms with van der Waals surface area (Å²) < 4.78 is 10.3. The predicted octanol–water partition coefficient (Wildman–Crippen LogP) is 2.85. The first kappa shape index (κ1) is 17.6. The highest BCUT2D eigenvalue weighted by atomic mass is 32.1. The third-order valence-corrected chi connectivity index (χ3v) is 4.49. The summed E-state index contributed by atoms with van der Waals surface area (Å²) >= 11 is 1.49. The highest BCUT2D eigenvalue weighted by Crippen LogP contribution is 2.28. The third-order valence-electron chi connectivity index (χ3n) is 3.47. The Kier molecular flexibility index (Phi) is 5.64. The number of hydrazine groups is 1. The largest absolute Gasteiger partial charge is 0.497 e. The summed E-state index contributed by atoms with van der Waals surface area (Å²) in [5.41, 5.74) is 6.54. The summed E-state index contributed by atoms with van der Waals surface area (Å²) in [6.45, 7) is 3.80. The molecule has 0 aliphatic carbocycles. The number of thiophene rings is 1. The van der Waals surface area contributed by atoms with E-state index in [4.69, 9.17) is 9.47 Å². The molecule has 3 amide bonds. The maximum atomic E-state index is 12.1. The highest BCUT2D eigenvalue weighted by molar-refractivity contribution is 7.10. The van der Waals surface area contributed by atoms with Gasteiger partial charge in [-0.05, 0) is 31.5 Å². The lowest BCUT2D eigenvalue weighted by molar-refractivity contribution is 0.0937. The van der Waals surface area contributed by atoms with Gasteiger partial charge in [-0.25, -0.2) is 10.2 Å². The molecule has 0 bridgehead atoms. The predicted molar refractivity (Wildman–Crippen MR) is 93.0 cm³/mol. The number of anilines is 1. The van der Waals surface area contributed by atoms with Crippen LogP contribution in [0.2, 0.25) is 0 Å². The second-order valence-electron chi connectivity index (χ2n) is 4.93. The number of ether oxygens (including phenoxy) is 2. The molecule has 0 fully saturated rings. The Morgan fingerprint density at radius 3 is 2.42 bits per heavy atom. The van der Waals surface area contributed by atoms with Crippen molar-refractivity contribution in [3.05, 3.63) is 39.6 Å². The molecule has 0 aliphatic heterocycles. The summed E-state index contributed by atoms with van der Waals surface area (Å²) in [7, 11) is 3.02. The van der Waals surface area contributed by atoms with Crippen LogP contribution in [0.1, 0.15) is 20.8 Å². The molecule has 0 atom stereocenters. The van der Waals surface area contributed by atoms with Gasteiger partial charge < -0.3 is 14.8 Å². The van der Waals surface area contributed by atoms with E-state index in [2.05, 4.69) is 16.2 Å². The lowest BCUT2D eigenvalue weighted by Gasteiger charge is -2.13. The van der Waals surface area contributed by atoms with Crippen LogP contribution >= 0.6 is 11.3 Å². The van der Waals surface area contributed by atoms with Gasteiger partial charge in [0, 0.05) is 16.3 Å². The van der Waals surface area contributed by atoms with E-state index < -0.39 is 6.03 Å². The van der Waals surface area contributed by atoms with Crippen molar-refractivity contribution < 1.29 is 19.1 Å². The normalized spacial score (nSPS) is 10.0. The Morgan fingerprint density at radius 2 is 1.83 bits per heavy atom. The summed E-state index contributed by atoms with van der Waals surface area (Å²) in [6, 6.07) is 4.40. The van der Waals surface area contributed by atoms with Gasteiger partial charge in [-0.3, -0.25) is 10.2 Å². The van der Waals surface area contributed by atoms with Crippen molar-refractivity contribution in [3.8, 4) is 11.5 Å². The highest BCUT2D eigenvalue weighted by Gasteiger charge is 2.14. The molecule has 1 aromatic heterocycles. The minimum Gasteiger partial charge on any atom is -0.497 e. The molecule has 0 saturated carbocycles. The minimum atomic E-state index is -0.598. The van der Waals surface area contributed by atoms with Gasteiger partial charge >= 0.3 is 6.03 Å². The van der Waals surface area contributed by atoms with E-state index in [9.17, 15) is 9.59 Å². The van der Waals surface area contributed by atoms with Gasteiger partial charge in [0.25, 0.3) is 5.91 Å². The van der Waals surface area contributed by atoms with Gasteiger partial charge in [0.2, 0.25) is 0 Å². The van der Waals surface area contributed by atoms with Crippen LogP contribution in [0.4, 0.5) is 10.5 Å². The number of urea groups is 1. The molecule has 8 heteroatoms. The number of nitrogens with one attached hydrogen (secondary N) is 3. The van der Waals surface area contributed by atoms with Crippen LogP contribution in [0.3, 0.4) is 0 Å². The van der Waals surface area contributed by atoms with E-state index in [1.165, 1.54) is 25.6 Å². The standard InChI is InChI=1S/C16H19N3O4S/c1-9-10(2)24-8-12(9)15(20)18-19-16(21)17-13-7-11(22-3)5-6-14(13)23-4/h5-8H,1-4H3,(H,18,20)(H2,17,19,21). The molecule has 0 radical (unpaired) electrons. The van der Waals surface area contributed by atoms with Gasteiger partial charge in [-0.15, -0.1) is 11.3 Å². The number of hydrogen-bond donors (Lipinski definition) is 3. The Morgan fingerprint density at radius 1 is 1.08 bits per heavy atom. The van der Waals surface area contributed by atoms with Gasteiger partial charge in [0.1, 0.15) is 11.5 Å². The summed E-state index contributed by atoms with van der Waals surface area (Å²) in [5, 5.41) is 4.35. The molecule has 2 rings (SSSR count). The van der Waals surface area contributed by atoms with E-state index in [-0.39, 0.29) is 5.91 Å². The summed E-state index contributed by atoms with van der Waals surface area (Å²) in [6.07, 6.45) is 0. The summed E-state index contributed by atoms with van der Waals surface area (Å²) in [5.74, 6) is 0.672. The van der Waals surface area contributed by atoms with Crippen LogP contribution in [-0.2, 0) is 0 Å². The zero-order valence-electron chi connectivity index (χ0n) is 13.9. The van der Waals surface area contributed by atoms with Crippen molar-refractivity contribution in [2.24, 2.45) is 0 Å². The van der Waals surface area contributed by atoms with E-state index in [1.807, 2.05) is 13.8 Å². The fourth-order valence-corrected chi connectivity index (χ4v) is 2.85. The SMILES string of the molecule is COc1ccc(OC)c(NC(=O)NNC(=O)c2csc(C)c2C)c1. The van der Waals surface area contributed by atoms with Crippen molar-refractivity contribution in [2.75, 3.05) is 19.5 Å². The zero-order chi connectivity index (χ0) is 17.7. The number of hydrogen-bond acceptors (Lipinski definition) is 5. The molecule has 0 spiro atoms. The van der Waals surface area contributed by atoms with Crippen molar-refractivity contribution in [3.63, 3.8) is 0 Å². The first-order valence-electron chi connectivity index (χ1n) is 7.10. The average Bonchev–Trinajstić information content (AvgIpc) is 2.92. The number of methoxy groups -OCH3 is 2. The number of aryl methyl sites for hydroxylation is 1. The second-order valence-corrected chi connectivity index (χ2v) is 6.01. The topological polar surface area (TPSA) is 88.7 Å². The van der Waals surface area contributed by atoms with E-state index in [0.717, 1.165) is 10.4 Å². The monoisotopic (exact) mass is 349 g/mol. The zero-order valence-corrected chi connectivity index (χ0v) is 14.7. The van der Waals surface area contributed by atoms with Crippen LogP contribution in [0.5, 0.6) is 11.5 Å². The van der Waals surface area contributed by atoms with Crippen molar-refractivity contribution in [1.82, 2.24) is 10.9 Å². The average molecular weight is 349 g/mol. The molecule has 3 N–H and O–H groups in total. The first-order valence-corrected chi connectivity index (χ1v) is 7.98. The van der Waals surface area contributed by atoms with Gasteiger partial charge in [0.05, 0.1) is 25.5 Å². The third kappa shape index (κ3) is 3.96. The molecule has 1 aromatic carbocycles. The van der Waals surface area contributed by atoms with Crippen LogP contribution in [0, 0.1) is 13.8 Å². The van der Waals surface area contributed by atoms with Crippen LogP contribution in [0.25, 0.3) is 0 Å². The van der Waals surface area contributed by atoms with Gasteiger partial charge in [-0.2, -0.15) is 0 Å². The molecular weight excluding hydrogens is 330 g/mol. The Bertz CT molecular complexity index is 758. The maximum Gasteiger partial charge on any atom is 0.338 e. The maximum absolute atomic E-state index is 12.1. The number of carbonyl (C=O) groups excluding carboxylic acids is 2.